The predicted octanol–water partition coefficient (Wildman–Crippen LogP) is 1.12. The number of hydrogen-bond donors (Lipinski definition) is 1. The SMILES string of the molecule is CCCc1c(CC(=O)O)nnn1CC(F)F. The van der Waals surface area contributed by atoms with Crippen molar-refractivity contribution in [3.63, 3.8) is 0 Å². The van der Waals surface area contributed by atoms with Crippen LogP contribution in [-0.4, -0.2) is 32.5 Å². The van der Waals surface area contributed by atoms with Crippen LogP contribution in [0.25, 0.3) is 0 Å². The van der Waals surface area contributed by atoms with E-state index in [2.05, 4.69) is 10.3 Å². The second-order valence-electron chi connectivity index (χ2n) is 3.38. The number of hydrogen-bond acceptors (Lipinski definition) is 3. The number of nitrogens with zero attached hydrogens (tertiary/aromatic N) is 3. The number of carboxylic acid groups (broad SMARTS) is 1. The van der Waals surface area contributed by atoms with Gasteiger partial charge in [-0.05, 0) is 6.42 Å². The lowest BCUT2D eigenvalue weighted by Crippen LogP contribution is -2.12. The van der Waals surface area contributed by atoms with Crippen molar-refractivity contribution < 1.29 is 18.7 Å². The highest BCUT2D eigenvalue weighted by molar-refractivity contribution is 5.69. The third kappa shape index (κ3) is 3.25. The maximum Gasteiger partial charge on any atom is 0.309 e. The number of carbonyl (C=O) groups is 1. The Labute approximate surface area is 91.1 Å². The number of carboxylic acids is 1. The van der Waals surface area contributed by atoms with Gasteiger partial charge in [-0.1, -0.05) is 18.6 Å². The van der Waals surface area contributed by atoms with Crippen LogP contribution in [0.2, 0.25) is 0 Å². The van der Waals surface area contributed by atoms with E-state index in [1.165, 1.54) is 0 Å². The molecule has 0 radical (unpaired) electrons. The van der Waals surface area contributed by atoms with Gasteiger partial charge in [-0.25, -0.2) is 13.5 Å². The van der Waals surface area contributed by atoms with Crippen LogP contribution < -0.4 is 0 Å². The van der Waals surface area contributed by atoms with Gasteiger partial charge in [0.25, 0.3) is 6.43 Å². The minimum atomic E-state index is -2.52. The Morgan fingerprint density at radius 3 is 2.75 bits per heavy atom. The molecule has 0 saturated carbocycles. The van der Waals surface area contributed by atoms with Gasteiger partial charge in [0.15, 0.2) is 0 Å². The van der Waals surface area contributed by atoms with Gasteiger partial charge in [0.2, 0.25) is 0 Å². The van der Waals surface area contributed by atoms with E-state index in [0.717, 1.165) is 11.1 Å². The fraction of sp³-hybridized carbons (Fsp3) is 0.667. The van der Waals surface area contributed by atoms with Gasteiger partial charge in [-0.15, -0.1) is 5.10 Å². The Balaban J connectivity index is 2.91. The number of aromatic nitrogens is 3. The van der Waals surface area contributed by atoms with Gasteiger partial charge in [0.05, 0.1) is 17.8 Å². The maximum absolute atomic E-state index is 12.2. The van der Waals surface area contributed by atoms with Crippen molar-refractivity contribution in [3.05, 3.63) is 11.4 Å². The van der Waals surface area contributed by atoms with Crippen molar-refractivity contribution in [2.24, 2.45) is 0 Å². The fourth-order valence-corrected chi connectivity index (χ4v) is 1.44. The third-order valence-corrected chi connectivity index (χ3v) is 2.03. The highest BCUT2D eigenvalue weighted by atomic mass is 19.3. The first-order chi connectivity index (χ1) is 7.54. The van der Waals surface area contributed by atoms with E-state index < -0.39 is 18.9 Å². The van der Waals surface area contributed by atoms with E-state index in [1.54, 1.807) is 0 Å². The van der Waals surface area contributed by atoms with Crippen molar-refractivity contribution in [3.8, 4) is 0 Å². The summed E-state index contributed by atoms with van der Waals surface area (Å²) in [7, 11) is 0. The molecule has 1 heterocycles. The van der Waals surface area contributed by atoms with E-state index in [0.29, 0.717) is 12.1 Å². The van der Waals surface area contributed by atoms with Crippen molar-refractivity contribution in [2.75, 3.05) is 0 Å². The van der Waals surface area contributed by atoms with Crippen LogP contribution in [0.15, 0.2) is 0 Å². The molecule has 0 fully saturated rings. The normalized spacial score (nSPS) is 11.0. The molecule has 1 aromatic heterocycles. The lowest BCUT2D eigenvalue weighted by Gasteiger charge is -2.05. The smallest absolute Gasteiger partial charge is 0.309 e. The minimum absolute atomic E-state index is 0.273. The molecule has 90 valence electrons. The first kappa shape index (κ1) is 12.5. The van der Waals surface area contributed by atoms with Crippen LogP contribution in [0, 0.1) is 0 Å². The summed E-state index contributed by atoms with van der Waals surface area (Å²) in [6.07, 6.45) is -1.57. The molecule has 0 atom stereocenters. The van der Waals surface area contributed by atoms with Crippen molar-refractivity contribution in [1.29, 1.82) is 0 Å². The summed E-state index contributed by atoms with van der Waals surface area (Å²) in [5.41, 5.74) is 0.764. The maximum atomic E-state index is 12.2. The fourth-order valence-electron chi connectivity index (χ4n) is 1.44. The van der Waals surface area contributed by atoms with Gasteiger partial charge in [0, 0.05) is 0 Å². The zero-order valence-corrected chi connectivity index (χ0v) is 8.86. The Morgan fingerprint density at radius 1 is 1.56 bits per heavy atom. The highest BCUT2D eigenvalue weighted by Gasteiger charge is 2.17. The second kappa shape index (κ2) is 5.53. The average Bonchev–Trinajstić information content (AvgIpc) is 2.49. The monoisotopic (exact) mass is 233 g/mol. The molecule has 5 nitrogen and oxygen atoms in total. The van der Waals surface area contributed by atoms with Gasteiger partial charge >= 0.3 is 5.97 Å². The van der Waals surface area contributed by atoms with Crippen LogP contribution in [-0.2, 0) is 24.2 Å². The zero-order chi connectivity index (χ0) is 12.1. The minimum Gasteiger partial charge on any atom is -0.481 e. The molecule has 0 aliphatic carbocycles. The molecule has 0 aliphatic heterocycles. The molecule has 0 spiro atoms. The molecule has 1 N–H and O–H groups in total. The molecule has 0 amide bonds. The van der Waals surface area contributed by atoms with Gasteiger partial charge in [0.1, 0.15) is 6.54 Å². The Bertz CT molecular complexity index is 366. The van der Waals surface area contributed by atoms with Crippen LogP contribution in [0.4, 0.5) is 8.78 Å². The van der Waals surface area contributed by atoms with E-state index in [-0.39, 0.29) is 12.1 Å². The molecule has 0 aromatic carbocycles. The molecular formula is C9H13F2N3O2. The van der Waals surface area contributed by atoms with Crippen molar-refractivity contribution >= 4 is 5.97 Å². The molecule has 16 heavy (non-hydrogen) atoms. The largest absolute Gasteiger partial charge is 0.481 e. The summed E-state index contributed by atoms with van der Waals surface area (Å²) in [5, 5.41) is 15.8. The van der Waals surface area contributed by atoms with Crippen LogP contribution in [0.1, 0.15) is 24.7 Å². The summed E-state index contributed by atoms with van der Waals surface area (Å²) < 4.78 is 25.5. The quantitative estimate of drug-likeness (QED) is 0.799. The molecule has 1 aromatic rings. The molecule has 0 bridgehead atoms. The topological polar surface area (TPSA) is 68.0 Å². The van der Waals surface area contributed by atoms with E-state index in [4.69, 9.17) is 5.11 Å². The first-order valence-corrected chi connectivity index (χ1v) is 4.95. The lowest BCUT2D eigenvalue weighted by atomic mass is 10.1. The molecular weight excluding hydrogens is 220 g/mol. The highest BCUT2D eigenvalue weighted by Crippen LogP contribution is 2.11. The number of aliphatic carboxylic acids is 1. The third-order valence-electron chi connectivity index (χ3n) is 2.03. The van der Waals surface area contributed by atoms with Gasteiger partial charge in [-0.3, -0.25) is 4.79 Å². The molecule has 0 aliphatic rings. The van der Waals surface area contributed by atoms with Gasteiger partial charge in [-0.2, -0.15) is 0 Å². The number of alkyl halides is 2. The number of halogens is 2. The average molecular weight is 233 g/mol. The standard InChI is InChI=1S/C9H13F2N3O2/c1-2-3-7-6(4-9(15)16)12-13-14(7)5-8(10)11/h8H,2-5H2,1H3,(H,15,16). The van der Waals surface area contributed by atoms with Crippen LogP contribution in [0.5, 0.6) is 0 Å². The Kier molecular flexibility index (Phi) is 4.33. The Morgan fingerprint density at radius 2 is 2.25 bits per heavy atom. The molecule has 0 unspecified atom stereocenters. The second-order valence-corrected chi connectivity index (χ2v) is 3.38. The summed E-state index contributed by atoms with van der Waals surface area (Å²) in [4.78, 5) is 10.5. The molecule has 7 heteroatoms. The van der Waals surface area contributed by atoms with E-state index in [9.17, 15) is 13.6 Å². The molecule has 0 saturated heterocycles. The first-order valence-electron chi connectivity index (χ1n) is 4.95. The van der Waals surface area contributed by atoms with E-state index in [1.807, 2.05) is 6.92 Å². The Hall–Kier alpha value is -1.53. The number of rotatable bonds is 6. The van der Waals surface area contributed by atoms with E-state index >= 15 is 0 Å². The van der Waals surface area contributed by atoms with Crippen molar-refractivity contribution in [1.82, 2.24) is 15.0 Å². The van der Waals surface area contributed by atoms with Gasteiger partial charge < -0.3 is 5.11 Å². The van der Waals surface area contributed by atoms with Crippen molar-refractivity contribution in [2.45, 2.75) is 39.2 Å². The van der Waals surface area contributed by atoms with Crippen LogP contribution >= 0.6 is 0 Å². The lowest BCUT2D eigenvalue weighted by molar-refractivity contribution is -0.136. The summed E-state index contributed by atoms with van der Waals surface area (Å²) in [6.45, 7) is 1.34. The summed E-state index contributed by atoms with van der Waals surface area (Å²) >= 11 is 0. The molecule has 1 rings (SSSR count). The predicted molar refractivity (Wildman–Crippen MR) is 51.4 cm³/mol. The van der Waals surface area contributed by atoms with Crippen LogP contribution in [0.3, 0.4) is 0 Å². The summed E-state index contributed by atoms with van der Waals surface area (Å²) in [5.74, 6) is -1.04. The summed E-state index contributed by atoms with van der Waals surface area (Å²) in [6, 6.07) is 0. The zero-order valence-electron chi connectivity index (χ0n) is 8.86.